The molecule has 0 aliphatic carbocycles. The summed E-state index contributed by atoms with van der Waals surface area (Å²) in [6.07, 6.45) is -0.276. The largest absolute Gasteiger partial charge is 0.325 e. The highest BCUT2D eigenvalue weighted by Gasteiger charge is 2.44. The number of nitrogens with zero attached hydrogens (tertiary/aromatic N) is 1. The SMILES string of the molecule is NCC(F)(F)CCNCc1ccc2c(c1)C(=O)N(C1CCC(=O)NC1=O)C2=O. The summed E-state index contributed by atoms with van der Waals surface area (Å²) >= 11 is 0. The molecule has 1 saturated heterocycles. The van der Waals surface area contributed by atoms with Gasteiger partial charge in [0.05, 0.1) is 17.7 Å². The Morgan fingerprint density at radius 3 is 2.57 bits per heavy atom. The number of nitrogens with one attached hydrogen (secondary N) is 2. The first-order valence-electron chi connectivity index (χ1n) is 8.86. The number of piperidine rings is 1. The lowest BCUT2D eigenvalue weighted by Crippen LogP contribution is -2.54. The van der Waals surface area contributed by atoms with Crippen LogP contribution in [-0.4, -0.2) is 53.6 Å². The molecule has 2 aliphatic rings. The van der Waals surface area contributed by atoms with E-state index in [0.29, 0.717) is 5.56 Å². The minimum Gasteiger partial charge on any atom is -0.325 e. The van der Waals surface area contributed by atoms with Crippen LogP contribution in [0.15, 0.2) is 18.2 Å². The van der Waals surface area contributed by atoms with Crippen LogP contribution in [0, 0.1) is 0 Å². The molecule has 0 radical (unpaired) electrons. The molecular formula is C18H20F2N4O4. The summed E-state index contributed by atoms with van der Waals surface area (Å²) in [6, 6.07) is 3.58. The van der Waals surface area contributed by atoms with Crippen molar-refractivity contribution in [2.24, 2.45) is 5.73 Å². The molecule has 1 aromatic rings. The van der Waals surface area contributed by atoms with Gasteiger partial charge in [0.25, 0.3) is 17.7 Å². The molecule has 150 valence electrons. The second kappa shape index (κ2) is 7.72. The van der Waals surface area contributed by atoms with Gasteiger partial charge in [-0.25, -0.2) is 8.78 Å². The average molecular weight is 394 g/mol. The number of amides is 4. The van der Waals surface area contributed by atoms with Crippen molar-refractivity contribution in [1.82, 2.24) is 15.5 Å². The fourth-order valence-corrected chi connectivity index (χ4v) is 3.23. The van der Waals surface area contributed by atoms with Gasteiger partial charge in [-0.05, 0) is 24.1 Å². The van der Waals surface area contributed by atoms with Crippen LogP contribution in [0.2, 0.25) is 0 Å². The van der Waals surface area contributed by atoms with Gasteiger partial charge < -0.3 is 11.1 Å². The Balaban J connectivity index is 1.68. The van der Waals surface area contributed by atoms with E-state index in [2.05, 4.69) is 10.6 Å². The van der Waals surface area contributed by atoms with Crippen molar-refractivity contribution in [2.75, 3.05) is 13.1 Å². The average Bonchev–Trinajstić information content (AvgIpc) is 2.90. The van der Waals surface area contributed by atoms with Crippen molar-refractivity contribution in [3.8, 4) is 0 Å². The molecule has 1 aromatic carbocycles. The Hall–Kier alpha value is -2.72. The molecule has 2 heterocycles. The third-order valence-electron chi connectivity index (χ3n) is 4.80. The molecule has 1 fully saturated rings. The molecule has 1 unspecified atom stereocenters. The lowest BCUT2D eigenvalue weighted by atomic mass is 10.0. The van der Waals surface area contributed by atoms with Crippen LogP contribution in [0.1, 0.15) is 45.5 Å². The first-order valence-corrected chi connectivity index (χ1v) is 8.86. The van der Waals surface area contributed by atoms with Crippen LogP contribution in [0.3, 0.4) is 0 Å². The number of nitrogens with two attached hydrogens (primary N) is 1. The Labute approximate surface area is 159 Å². The maximum absolute atomic E-state index is 13.1. The highest BCUT2D eigenvalue weighted by atomic mass is 19.3. The van der Waals surface area contributed by atoms with Crippen molar-refractivity contribution >= 4 is 23.6 Å². The van der Waals surface area contributed by atoms with E-state index in [-0.39, 0.29) is 37.1 Å². The van der Waals surface area contributed by atoms with Crippen molar-refractivity contribution in [3.63, 3.8) is 0 Å². The number of rotatable bonds is 7. The van der Waals surface area contributed by atoms with E-state index in [1.54, 1.807) is 6.07 Å². The third-order valence-corrected chi connectivity index (χ3v) is 4.80. The maximum atomic E-state index is 13.1. The summed E-state index contributed by atoms with van der Waals surface area (Å²) in [7, 11) is 0. The molecule has 4 N–H and O–H groups in total. The zero-order chi connectivity index (χ0) is 20.5. The van der Waals surface area contributed by atoms with Crippen LogP contribution in [-0.2, 0) is 16.1 Å². The predicted molar refractivity (Wildman–Crippen MR) is 93.4 cm³/mol. The summed E-state index contributed by atoms with van der Waals surface area (Å²) in [6.45, 7) is -0.454. The fraction of sp³-hybridized carbons (Fsp3) is 0.444. The number of fused-ring (bicyclic) bond motifs is 1. The lowest BCUT2D eigenvalue weighted by molar-refractivity contribution is -0.136. The van der Waals surface area contributed by atoms with Gasteiger partial charge in [0, 0.05) is 25.9 Å². The van der Waals surface area contributed by atoms with E-state index >= 15 is 0 Å². The standard InChI is InChI=1S/C18H20F2N4O4/c19-18(20,9-21)5-6-22-8-10-1-2-11-12(7-10)17(28)24(16(11)27)13-3-4-14(25)23-15(13)26/h1-2,7,13,22H,3-6,8-9,21H2,(H,23,25,26). The number of hydrogen-bond donors (Lipinski definition) is 3. The Kier molecular flexibility index (Phi) is 5.52. The molecule has 28 heavy (non-hydrogen) atoms. The summed E-state index contributed by atoms with van der Waals surface area (Å²) in [5, 5.41) is 4.98. The molecule has 3 rings (SSSR count). The van der Waals surface area contributed by atoms with Crippen LogP contribution in [0.4, 0.5) is 8.78 Å². The zero-order valence-corrected chi connectivity index (χ0v) is 15.0. The van der Waals surface area contributed by atoms with Gasteiger partial charge in [-0.1, -0.05) is 6.07 Å². The minimum atomic E-state index is -2.93. The number of carbonyl (C=O) groups is 4. The number of hydrogen-bond acceptors (Lipinski definition) is 6. The number of imide groups is 2. The first kappa shape index (κ1) is 20.0. The zero-order valence-electron chi connectivity index (χ0n) is 15.0. The van der Waals surface area contributed by atoms with Gasteiger partial charge in [0.1, 0.15) is 6.04 Å². The predicted octanol–water partition coefficient (Wildman–Crippen LogP) is 0.161. The summed E-state index contributed by atoms with van der Waals surface area (Å²) < 4.78 is 26.2. The molecular weight excluding hydrogens is 374 g/mol. The van der Waals surface area contributed by atoms with Crippen LogP contribution in [0.25, 0.3) is 0 Å². The molecule has 0 saturated carbocycles. The Morgan fingerprint density at radius 2 is 1.89 bits per heavy atom. The highest BCUT2D eigenvalue weighted by molar-refractivity contribution is 6.23. The second-order valence-electron chi connectivity index (χ2n) is 6.81. The van der Waals surface area contributed by atoms with Gasteiger partial charge in [0.15, 0.2) is 0 Å². The molecule has 8 nitrogen and oxygen atoms in total. The first-order chi connectivity index (χ1) is 13.2. The van der Waals surface area contributed by atoms with Crippen molar-refractivity contribution in [2.45, 2.75) is 37.8 Å². The number of benzene rings is 1. The molecule has 0 bridgehead atoms. The molecule has 10 heteroatoms. The van der Waals surface area contributed by atoms with E-state index in [1.165, 1.54) is 12.1 Å². The van der Waals surface area contributed by atoms with Gasteiger partial charge in [-0.2, -0.15) is 0 Å². The van der Waals surface area contributed by atoms with E-state index in [0.717, 1.165) is 4.90 Å². The smallest absolute Gasteiger partial charge is 0.262 e. The summed E-state index contributed by atoms with van der Waals surface area (Å²) in [5.41, 5.74) is 5.95. The van der Waals surface area contributed by atoms with Crippen molar-refractivity contribution in [1.29, 1.82) is 0 Å². The highest BCUT2D eigenvalue weighted by Crippen LogP contribution is 2.28. The van der Waals surface area contributed by atoms with E-state index < -0.39 is 48.6 Å². The normalized spacial score (nSPS) is 19.8. The van der Waals surface area contributed by atoms with Crippen LogP contribution < -0.4 is 16.4 Å². The molecule has 0 aromatic heterocycles. The Morgan fingerprint density at radius 1 is 1.18 bits per heavy atom. The summed E-state index contributed by atoms with van der Waals surface area (Å²) in [5.74, 6) is -5.24. The maximum Gasteiger partial charge on any atom is 0.262 e. The van der Waals surface area contributed by atoms with Crippen molar-refractivity contribution in [3.05, 3.63) is 34.9 Å². The number of alkyl halides is 2. The van der Waals surface area contributed by atoms with Gasteiger partial charge in [0.2, 0.25) is 11.8 Å². The van der Waals surface area contributed by atoms with E-state index in [1.807, 2.05) is 0 Å². The van der Waals surface area contributed by atoms with Crippen LogP contribution in [0.5, 0.6) is 0 Å². The molecule has 1 atom stereocenters. The Bertz CT molecular complexity index is 843. The number of halogens is 2. The molecule has 4 amide bonds. The fourth-order valence-electron chi connectivity index (χ4n) is 3.23. The molecule has 0 spiro atoms. The second-order valence-corrected chi connectivity index (χ2v) is 6.81. The third kappa shape index (κ3) is 3.92. The lowest BCUT2D eigenvalue weighted by Gasteiger charge is -2.27. The van der Waals surface area contributed by atoms with Crippen LogP contribution >= 0.6 is 0 Å². The van der Waals surface area contributed by atoms with Gasteiger partial charge >= 0.3 is 0 Å². The monoisotopic (exact) mass is 394 g/mol. The molecule has 2 aliphatic heterocycles. The van der Waals surface area contributed by atoms with Crippen molar-refractivity contribution < 1.29 is 28.0 Å². The quantitative estimate of drug-likeness (QED) is 0.448. The summed E-state index contributed by atoms with van der Waals surface area (Å²) in [4.78, 5) is 49.5. The minimum absolute atomic E-state index is 0.0383. The van der Waals surface area contributed by atoms with Gasteiger partial charge in [-0.15, -0.1) is 0 Å². The van der Waals surface area contributed by atoms with Gasteiger partial charge in [-0.3, -0.25) is 29.4 Å². The number of carbonyl (C=O) groups excluding carboxylic acids is 4. The topological polar surface area (TPSA) is 122 Å². The van der Waals surface area contributed by atoms with E-state index in [4.69, 9.17) is 5.73 Å². The van der Waals surface area contributed by atoms with E-state index in [9.17, 15) is 28.0 Å².